The molecule has 0 aliphatic carbocycles. The predicted octanol–water partition coefficient (Wildman–Crippen LogP) is 3.18. The van der Waals surface area contributed by atoms with Gasteiger partial charge in [0.15, 0.2) is 11.2 Å². The van der Waals surface area contributed by atoms with Gasteiger partial charge in [-0.2, -0.15) is 10.1 Å². The normalized spacial score (nSPS) is 13.5. The molecule has 0 unspecified atom stereocenters. The minimum Gasteiger partial charge on any atom is -0.342 e. The van der Waals surface area contributed by atoms with Gasteiger partial charge in [-0.3, -0.25) is 14.5 Å². The summed E-state index contributed by atoms with van der Waals surface area (Å²) in [5.41, 5.74) is 2.30. The lowest BCUT2D eigenvalue weighted by Gasteiger charge is -2.15. The number of benzene rings is 1. The van der Waals surface area contributed by atoms with E-state index in [0.29, 0.717) is 36.0 Å². The van der Waals surface area contributed by atoms with E-state index < -0.39 is 0 Å². The molecule has 1 fully saturated rings. The maximum Gasteiger partial charge on any atom is 0.278 e. The Labute approximate surface area is 190 Å². The summed E-state index contributed by atoms with van der Waals surface area (Å²) in [4.78, 5) is 27.4. The van der Waals surface area contributed by atoms with Crippen LogP contribution in [0.25, 0.3) is 22.6 Å². The van der Waals surface area contributed by atoms with Crippen molar-refractivity contribution in [2.75, 3.05) is 18.0 Å². The zero-order valence-corrected chi connectivity index (χ0v) is 18.4. The van der Waals surface area contributed by atoms with E-state index in [1.54, 1.807) is 23.0 Å². The van der Waals surface area contributed by atoms with Crippen LogP contribution in [0.1, 0.15) is 31.7 Å². The highest BCUT2D eigenvalue weighted by atomic mass is 19.1. The topological polar surface area (TPSA) is 84.6 Å². The van der Waals surface area contributed by atoms with Crippen LogP contribution in [0, 0.1) is 17.7 Å². The second kappa shape index (κ2) is 8.90. The molecular formula is C24H24FN7O. The van der Waals surface area contributed by atoms with Gasteiger partial charge in [0.1, 0.15) is 18.2 Å². The number of imidazole rings is 1. The van der Waals surface area contributed by atoms with Crippen molar-refractivity contribution in [1.29, 1.82) is 0 Å². The average molecular weight is 446 g/mol. The number of nitrogens with zero attached hydrogens (tertiary/aromatic N) is 6. The zero-order chi connectivity index (χ0) is 22.8. The van der Waals surface area contributed by atoms with Gasteiger partial charge in [-0.15, -0.1) is 0 Å². The molecule has 0 amide bonds. The Kier molecular flexibility index (Phi) is 5.65. The van der Waals surface area contributed by atoms with E-state index in [0.717, 1.165) is 43.5 Å². The highest BCUT2D eigenvalue weighted by Gasteiger charge is 2.21. The Morgan fingerprint density at radius 2 is 1.94 bits per heavy atom. The number of rotatable bonds is 5. The predicted molar refractivity (Wildman–Crippen MR) is 124 cm³/mol. The minimum atomic E-state index is -0.284. The number of fused-ring (bicyclic) bond motifs is 1. The monoisotopic (exact) mass is 445 g/mol. The SMILES string of the molecule is CCCn1c(-c2cnn(CC#Cc3ccc(F)cc3)c2)nc2nc(N3CCCC3)[nH]c(=O)c21. The Bertz CT molecular complexity index is 1400. The number of anilines is 1. The fourth-order valence-electron chi connectivity index (χ4n) is 4.09. The molecule has 1 aromatic carbocycles. The first-order valence-electron chi connectivity index (χ1n) is 11.1. The first-order chi connectivity index (χ1) is 16.1. The quantitative estimate of drug-likeness (QED) is 0.477. The number of aromatic nitrogens is 6. The first kappa shape index (κ1) is 20.9. The molecule has 0 saturated carbocycles. The summed E-state index contributed by atoms with van der Waals surface area (Å²) in [6.07, 6.45) is 6.63. The van der Waals surface area contributed by atoms with E-state index >= 15 is 0 Å². The smallest absolute Gasteiger partial charge is 0.278 e. The van der Waals surface area contributed by atoms with Gasteiger partial charge in [-0.1, -0.05) is 18.8 Å². The molecule has 0 bridgehead atoms. The molecule has 4 heterocycles. The lowest BCUT2D eigenvalue weighted by atomic mass is 10.2. The van der Waals surface area contributed by atoms with Crippen LogP contribution in [0.4, 0.5) is 10.3 Å². The maximum atomic E-state index is 13.0. The highest BCUT2D eigenvalue weighted by molar-refractivity contribution is 5.77. The molecule has 0 atom stereocenters. The number of aryl methyl sites for hydroxylation is 1. The van der Waals surface area contributed by atoms with Crippen LogP contribution in [0.2, 0.25) is 0 Å². The van der Waals surface area contributed by atoms with E-state index in [-0.39, 0.29) is 11.4 Å². The van der Waals surface area contributed by atoms with E-state index in [2.05, 4.69) is 38.7 Å². The van der Waals surface area contributed by atoms with Crippen molar-refractivity contribution >= 4 is 17.1 Å². The third kappa shape index (κ3) is 4.24. The molecule has 5 rings (SSSR count). The van der Waals surface area contributed by atoms with E-state index in [1.165, 1.54) is 12.1 Å². The largest absolute Gasteiger partial charge is 0.342 e. The van der Waals surface area contributed by atoms with Crippen molar-refractivity contribution in [2.24, 2.45) is 0 Å². The minimum absolute atomic E-state index is 0.174. The lowest BCUT2D eigenvalue weighted by molar-refractivity contribution is 0.627. The molecule has 8 nitrogen and oxygen atoms in total. The highest BCUT2D eigenvalue weighted by Crippen LogP contribution is 2.24. The average Bonchev–Trinajstić information content (AvgIpc) is 3.55. The molecule has 3 aromatic heterocycles. The molecule has 1 aliphatic heterocycles. The number of hydrogen-bond acceptors (Lipinski definition) is 5. The van der Waals surface area contributed by atoms with E-state index in [1.807, 2.05) is 10.8 Å². The third-order valence-electron chi connectivity index (χ3n) is 5.66. The molecule has 1 saturated heterocycles. The van der Waals surface area contributed by atoms with Crippen molar-refractivity contribution in [3.05, 3.63) is 58.4 Å². The molecule has 168 valence electrons. The summed E-state index contributed by atoms with van der Waals surface area (Å²) in [6.45, 7) is 4.87. The van der Waals surface area contributed by atoms with Crippen molar-refractivity contribution < 1.29 is 4.39 Å². The third-order valence-corrected chi connectivity index (χ3v) is 5.66. The maximum absolute atomic E-state index is 13.0. The van der Waals surface area contributed by atoms with E-state index in [4.69, 9.17) is 4.98 Å². The Hall–Kier alpha value is -3.93. The first-order valence-corrected chi connectivity index (χ1v) is 11.1. The number of nitrogens with one attached hydrogen (secondary N) is 1. The number of H-pyrrole nitrogens is 1. The van der Waals surface area contributed by atoms with Gasteiger partial charge < -0.3 is 9.47 Å². The molecule has 4 aromatic rings. The van der Waals surface area contributed by atoms with Gasteiger partial charge in [0.05, 0.1) is 11.8 Å². The van der Waals surface area contributed by atoms with Gasteiger partial charge in [-0.05, 0) is 43.5 Å². The van der Waals surface area contributed by atoms with Gasteiger partial charge >= 0.3 is 0 Å². The van der Waals surface area contributed by atoms with Crippen LogP contribution in [-0.2, 0) is 13.1 Å². The second-order valence-electron chi connectivity index (χ2n) is 8.08. The Morgan fingerprint density at radius 3 is 2.70 bits per heavy atom. The van der Waals surface area contributed by atoms with Crippen LogP contribution >= 0.6 is 0 Å². The molecule has 9 heteroatoms. The molecule has 1 N–H and O–H groups in total. The summed E-state index contributed by atoms with van der Waals surface area (Å²) in [6, 6.07) is 6.06. The molecule has 1 aliphatic rings. The van der Waals surface area contributed by atoms with Gasteiger partial charge in [0.25, 0.3) is 5.56 Å². The second-order valence-corrected chi connectivity index (χ2v) is 8.08. The van der Waals surface area contributed by atoms with Crippen LogP contribution in [0.15, 0.2) is 41.5 Å². The standard InChI is InChI=1S/C24H24FN7O/c1-2-11-32-20-21(28-24(29-23(20)33)30-12-3-4-13-30)27-22(32)18-15-26-31(16-18)14-5-6-17-7-9-19(25)10-8-17/h7-10,15-16H,2-4,11-14H2,1H3,(H,28,29,33). The van der Waals surface area contributed by atoms with Gasteiger partial charge in [0.2, 0.25) is 5.95 Å². The van der Waals surface area contributed by atoms with Crippen LogP contribution in [0.3, 0.4) is 0 Å². The van der Waals surface area contributed by atoms with Crippen molar-refractivity contribution in [3.8, 4) is 23.2 Å². The Morgan fingerprint density at radius 1 is 1.15 bits per heavy atom. The molecule has 33 heavy (non-hydrogen) atoms. The van der Waals surface area contributed by atoms with Crippen molar-refractivity contribution in [2.45, 2.75) is 39.3 Å². The summed E-state index contributed by atoms with van der Waals surface area (Å²) in [5, 5.41) is 4.40. The van der Waals surface area contributed by atoms with Gasteiger partial charge in [-0.25, -0.2) is 9.37 Å². The summed E-state index contributed by atoms with van der Waals surface area (Å²) in [5.74, 6) is 7.02. The summed E-state index contributed by atoms with van der Waals surface area (Å²) < 4.78 is 16.7. The number of aromatic amines is 1. The summed E-state index contributed by atoms with van der Waals surface area (Å²) in [7, 11) is 0. The van der Waals surface area contributed by atoms with Crippen molar-refractivity contribution in [3.63, 3.8) is 0 Å². The van der Waals surface area contributed by atoms with Crippen LogP contribution in [0.5, 0.6) is 0 Å². The zero-order valence-electron chi connectivity index (χ0n) is 18.4. The molecular weight excluding hydrogens is 421 g/mol. The molecule has 0 radical (unpaired) electrons. The summed E-state index contributed by atoms with van der Waals surface area (Å²) >= 11 is 0. The van der Waals surface area contributed by atoms with Gasteiger partial charge in [0, 0.05) is 31.4 Å². The fourth-order valence-corrected chi connectivity index (χ4v) is 4.09. The lowest BCUT2D eigenvalue weighted by Crippen LogP contribution is -2.24. The number of halogens is 1. The number of hydrogen-bond donors (Lipinski definition) is 1. The Balaban J connectivity index is 1.46. The van der Waals surface area contributed by atoms with Crippen LogP contribution < -0.4 is 10.5 Å². The molecule has 0 spiro atoms. The van der Waals surface area contributed by atoms with Crippen LogP contribution in [-0.4, -0.2) is 42.4 Å². The van der Waals surface area contributed by atoms with E-state index in [9.17, 15) is 9.18 Å². The fraction of sp³-hybridized carbons (Fsp3) is 0.333. The van der Waals surface area contributed by atoms with Crippen molar-refractivity contribution in [1.82, 2.24) is 29.3 Å².